The minimum absolute atomic E-state index is 0.707. The molecule has 0 amide bonds. The number of aromatic nitrogens is 4. The number of pyridine rings is 4. The highest BCUT2D eigenvalue weighted by Gasteiger charge is 2.15. The van der Waals surface area contributed by atoms with E-state index in [2.05, 4.69) is 166 Å². The van der Waals surface area contributed by atoms with E-state index < -0.39 is 12.7 Å². The van der Waals surface area contributed by atoms with E-state index in [4.69, 9.17) is 5.48 Å². The fourth-order valence-electron chi connectivity index (χ4n) is 7.76. The standard InChI is InChI=1S/4C15H18N/c2*1-4-13-8-9-14(12(2)11-13)15-7-5-6-10-16(15)3;2*1-4-13-9-10-16(3)15(11-13)14-8-6-5-7-12(14)2/h4*5-11H,4H2,1-3H3/q4*+1/i4D2;;4D2;. The summed E-state index contributed by atoms with van der Waals surface area (Å²) in [6, 6.07) is 49.8. The molecule has 0 saturated carbocycles. The van der Waals surface area contributed by atoms with Crippen LogP contribution in [0.2, 0.25) is 0 Å². The summed E-state index contributed by atoms with van der Waals surface area (Å²) < 4.78 is 39.6. The van der Waals surface area contributed by atoms with Gasteiger partial charge in [0.25, 0.3) is 0 Å². The molecular weight excluding hydrogens is 777 g/mol. The van der Waals surface area contributed by atoms with Gasteiger partial charge in [-0.05, 0) is 134 Å². The first-order chi connectivity index (χ1) is 32.2. The van der Waals surface area contributed by atoms with Crippen molar-refractivity contribution in [3.8, 4) is 45.0 Å². The third-order valence-electron chi connectivity index (χ3n) is 11.8. The van der Waals surface area contributed by atoms with Crippen LogP contribution in [-0.4, -0.2) is 0 Å². The zero-order valence-electron chi connectivity index (χ0n) is 44.4. The van der Waals surface area contributed by atoms with Crippen LogP contribution < -0.4 is 18.3 Å². The maximum Gasteiger partial charge on any atom is 0.212 e. The Hall–Kier alpha value is -6.52. The average molecular weight is 853 g/mol. The molecular formula is C60H72N4+4. The molecule has 0 aliphatic rings. The van der Waals surface area contributed by atoms with Gasteiger partial charge in [0.2, 0.25) is 22.8 Å². The van der Waals surface area contributed by atoms with Crippen molar-refractivity contribution in [2.24, 2.45) is 28.2 Å². The van der Waals surface area contributed by atoms with E-state index in [0.717, 1.165) is 46.5 Å². The molecule has 4 aromatic heterocycles. The quantitative estimate of drug-likeness (QED) is 0.135. The van der Waals surface area contributed by atoms with Crippen LogP contribution in [0.5, 0.6) is 0 Å². The number of benzene rings is 4. The summed E-state index contributed by atoms with van der Waals surface area (Å²) >= 11 is 0. The summed E-state index contributed by atoms with van der Waals surface area (Å²) in [6.45, 7) is 16.0. The summed E-state index contributed by atoms with van der Waals surface area (Å²) in [7, 11) is 8.18. The molecule has 4 heteroatoms. The van der Waals surface area contributed by atoms with Crippen molar-refractivity contribution in [1.29, 1.82) is 0 Å². The van der Waals surface area contributed by atoms with Crippen LogP contribution in [0.25, 0.3) is 45.0 Å². The van der Waals surface area contributed by atoms with E-state index in [1.807, 2.05) is 92.6 Å². The molecule has 0 unspecified atom stereocenters. The second kappa shape index (κ2) is 23.8. The Morgan fingerprint density at radius 1 is 0.328 bits per heavy atom. The SMILES string of the molecule is CCc1cc[n+](C)c(-c2ccccc2C)c1.CCc1ccc(-c2cccc[n+]2C)c(C)c1.[2H]C([2H])(C)c1cc[n+](C)c(-c2ccccc2C)c1.[2H]C([2H])(C)c1ccc(-c2cccc[n+]2C)c(C)c1. The monoisotopic (exact) mass is 853 g/mol. The molecule has 0 bridgehead atoms. The van der Waals surface area contributed by atoms with Crippen molar-refractivity contribution < 1.29 is 23.8 Å². The fraction of sp³-hybridized carbons (Fsp3) is 0.267. The number of aryl methyl sites for hydroxylation is 12. The topological polar surface area (TPSA) is 15.5 Å². The molecule has 0 atom stereocenters. The Kier molecular flexibility index (Phi) is 15.9. The summed E-state index contributed by atoms with van der Waals surface area (Å²) in [5, 5.41) is 0. The van der Waals surface area contributed by atoms with Crippen LogP contribution in [0.1, 0.15) is 77.7 Å². The summed E-state index contributed by atoms with van der Waals surface area (Å²) in [5.41, 5.74) is 18.8. The molecule has 4 aromatic carbocycles. The Balaban J connectivity index is 0.000000170. The van der Waals surface area contributed by atoms with Gasteiger partial charge < -0.3 is 0 Å². The van der Waals surface area contributed by atoms with Crippen molar-refractivity contribution in [3.63, 3.8) is 0 Å². The van der Waals surface area contributed by atoms with Gasteiger partial charge in [0, 0.05) is 76.3 Å². The molecule has 0 fully saturated rings. The van der Waals surface area contributed by atoms with Crippen LogP contribution in [0.4, 0.5) is 0 Å². The Bertz CT molecular complexity index is 2950. The lowest BCUT2D eigenvalue weighted by Crippen LogP contribution is -2.30. The predicted molar refractivity (Wildman–Crippen MR) is 269 cm³/mol. The molecule has 0 aliphatic heterocycles. The van der Waals surface area contributed by atoms with Crippen LogP contribution in [0.3, 0.4) is 0 Å². The molecule has 0 aliphatic carbocycles. The maximum absolute atomic E-state index is 7.81. The van der Waals surface area contributed by atoms with E-state index in [9.17, 15) is 0 Å². The summed E-state index contributed by atoms with van der Waals surface area (Å²) in [5.74, 6) is 0. The number of rotatable bonds is 8. The minimum Gasteiger partial charge on any atom is -0.201 e. The molecule has 4 heterocycles. The highest BCUT2D eigenvalue weighted by atomic mass is 14.9. The van der Waals surface area contributed by atoms with Crippen molar-refractivity contribution in [2.45, 2.75) is 81.0 Å². The van der Waals surface area contributed by atoms with E-state index in [0.29, 0.717) is 5.56 Å². The van der Waals surface area contributed by atoms with Gasteiger partial charge in [-0.3, -0.25) is 0 Å². The van der Waals surface area contributed by atoms with Crippen molar-refractivity contribution in [3.05, 3.63) is 215 Å². The molecule has 0 spiro atoms. The minimum atomic E-state index is -1.31. The lowest BCUT2D eigenvalue weighted by molar-refractivity contribution is -0.660. The Morgan fingerprint density at radius 2 is 0.672 bits per heavy atom. The first-order valence-corrected chi connectivity index (χ1v) is 22.4. The molecule has 4 nitrogen and oxygen atoms in total. The largest absolute Gasteiger partial charge is 0.212 e. The first-order valence-electron chi connectivity index (χ1n) is 24.4. The van der Waals surface area contributed by atoms with Crippen molar-refractivity contribution in [2.75, 3.05) is 0 Å². The average Bonchev–Trinajstić information content (AvgIpc) is 3.30. The van der Waals surface area contributed by atoms with Crippen LogP contribution in [-0.2, 0) is 53.8 Å². The third-order valence-corrected chi connectivity index (χ3v) is 11.8. The van der Waals surface area contributed by atoms with Crippen LogP contribution in [0, 0.1) is 27.7 Å². The van der Waals surface area contributed by atoms with Gasteiger partial charge in [-0.15, -0.1) is 0 Å². The Labute approximate surface area is 391 Å². The van der Waals surface area contributed by atoms with E-state index in [1.54, 1.807) is 13.8 Å². The molecule has 0 radical (unpaired) electrons. The molecule has 0 N–H and O–H groups in total. The van der Waals surface area contributed by atoms with Crippen LogP contribution in [0.15, 0.2) is 170 Å². The number of hydrogen-bond acceptors (Lipinski definition) is 0. The zero-order valence-corrected chi connectivity index (χ0v) is 40.4. The Morgan fingerprint density at radius 3 is 1.09 bits per heavy atom. The van der Waals surface area contributed by atoms with Gasteiger partial charge in [0.1, 0.15) is 28.2 Å². The molecule has 64 heavy (non-hydrogen) atoms. The molecule has 8 rings (SSSR count). The summed E-state index contributed by atoms with van der Waals surface area (Å²) in [4.78, 5) is 0. The third kappa shape index (κ3) is 12.8. The van der Waals surface area contributed by atoms with E-state index in [-0.39, 0.29) is 0 Å². The highest BCUT2D eigenvalue weighted by Crippen LogP contribution is 2.24. The second-order valence-corrected chi connectivity index (χ2v) is 16.4. The maximum atomic E-state index is 7.81. The predicted octanol–water partition coefficient (Wildman–Crippen LogP) is 12.2. The van der Waals surface area contributed by atoms with Gasteiger partial charge in [-0.25, -0.2) is 18.3 Å². The van der Waals surface area contributed by atoms with Crippen molar-refractivity contribution >= 4 is 0 Å². The van der Waals surface area contributed by atoms with E-state index in [1.165, 1.54) is 50.3 Å². The van der Waals surface area contributed by atoms with Gasteiger partial charge in [-0.1, -0.05) is 88.4 Å². The second-order valence-electron chi connectivity index (χ2n) is 16.4. The fourth-order valence-corrected chi connectivity index (χ4v) is 7.76. The van der Waals surface area contributed by atoms with Gasteiger partial charge in [-0.2, -0.15) is 0 Å². The molecule has 328 valence electrons. The lowest BCUT2D eigenvalue weighted by Gasteiger charge is -2.06. The van der Waals surface area contributed by atoms with Crippen LogP contribution >= 0.6 is 0 Å². The normalized spacial score (nSPS) is 11.8. The zero-order chi connectivity index (χ0) is 49.8. The lowest BCUT2D eigenvalue weighted by atomic mass is 10.0. The molecule has 0 saturated heterocycles. The first kappa shape index (κ1) is 42.8. The van der Waals surface area contributed by atoms with Gasteiger partial charge in [0.15, 0.2) is 24.8 Å². The molecule has 8 aromatic rings. The van der Waals surface area contributed by atoms with Crippen molar-refractivity contribution in [1.82, 2.24) is 0 Å². The smallest absolute Gasteiger partial charge is 0.201 e. The van der Waals surface area contributed by atoms with Gasteiger partial charge in [0.05, 0.1) is 0 Å². The highest BCUT2D eigenvalue weighted by molar-refractivity contribution is 5.64. The number of nitrogens with zero attached hydrogens (tertiary/aromatic N) is 4. The van der Waals surface area contributed by atoms with Gasteiger partial charge >= 0.3 is 0 Å². The number of hydrogen-bond donors (Lipinski definition) is 0. The summed E-state index contributed by atoms with van der Waals surface area (Å²) in [6.07, 6.45) is 7.74. The van der Waals surface area contributed by atoms with E-state index >= 15 is 0 Å².